The molecular formula is C16H20N2OS. The maximum absolute atomic E-state index is 6.37. The summed E-state index contributed by atoms with van der Waals surface area (Å²) in [6.07, 6.45) is 3.68. The summed E-state index contributed by atoms with van der Waals surface area (Å²) < 4.78 is 5.73. The first-order chi connectivity index (χ1) is 9.63. The van der Waals surface area contributed by atoms with E-state index in [9.17, 15) is 0 Å². The summed E-state index contributed by atoms with van der Waals surface area (Å²) in [4.78, 5) is 6.13. The summed E-state index contributed by atoms with van der Waals surface area (Å²) in [5.74, 6) is 0.872. The van der Waals surface area contributed by atoms with Crippen molar-refractivity contribution in [1.29, 1.82) is 0 Å². The van der Waals surface area contributed by atoms with Crippen LogP contribution in [0.4, 0.5) is 0 Å². The van der Waals surface area contributed by atoms with Crippen LogP contribution in [0.5, 0.6) is 5.75 Å². The maximum atomic E-state index is 6.37. The van der Waals surface area contributed by atoms with Crippen molar-refractivity contribution in [2.75, 3.05) is 0 Å². The standard InChI is InChI=1S/C16H20N2OS/c1-10(2)19-12-6-3-5-11(9-12)15(17)16-18-13-7-4-8-14(13)20-16/h3,5-6,9-10,15H,4,7-8,17H2,1-2H3. The molecule has 1 aromatic carbocycles. The first kappa shape index (κ1) is 13.6. The molecule has 1 aliphatic carbocycles. The van der Waals surface area contributed by atoms with Crippen LogP contribution in [-0.2, 0) is 12.8 Å². The number of nitrogens with two attached hydrogens (primary N) is 1. The summed E-state index contributed by atoms with van der Waals surface area (Å²) in [5.41, 5.74) is 8.69. The Hall–Kier alpha value is -1.39. The highest BCUT2D eigenvalue weighted by atomic mass is 32.1. The summed E-state index contributed by atoms with van der Waals surface area (Å²) in [6, 6.07) is 7.88. The third-order valence-corrected chi connectivity index (χ3v) is 4.71. The lowest BCUT2D eigenvalue weighted by atomic mass is 10.1. The van der Waals surface area contributed by atoms with Gasteiger partial charge < -0.3 is 10.5 Å². The molecular weight excluding hydrogens is 268 g/mol. The molecule has 0 saturated carbocycles. The van der Waals surface area contributed by atoms with Crippen molar-refractivity contribution in [1.82, 2.24) is 4.98 Å². The van der Waals surface area contributed by atoms with Crippen molar-refractivity contribution in [3.63, 3.8) is 0 Å². The molecule has 106 valence electrons. The second-order valence-electron chi connectivity index (χ2n) is 5.49. The number of rotatable bonds is 4. The van der Waals surface area contributed by atoms with E-state index in [0.717, 1.165) is 29.2 Å². The van der Waals surface area contributed by atoms with Crippen LogP contribution in [0.25, 0.3) is 0 Å². The zero-order chi connectivity index (χ0) is 14.1. The molecule has 0 aliphatic heterocycles. The molecule has 0 amide bonds. The smallest absolute Gasteiger partial charge is 0.120 e. The zero-order valence-corrected chi connectivity index (χ0v) is 12.7. The van der Waals surface area contributed by atoms with Crippen molar-refractivity contribution in [2.24, 2.45) is 5.73 Å². The molecule has 0 spiro atoms. The molecule has 0 saturated heterocycles. The highest BCUT2D eigenvalue weighted by Crippen LogP contribution is 2.32. The van der Waals surface area contributed by atoms with Gasteiger partial charge in [0.05, 0.1) is 17.8 Å². The number of hydrogen-bond donors (Lipinski definition) is 1. The Labute approximate surface area is 123 Å². The van der Waals surface area contributed by atoms with Crippen molar-refractivity contribution in [2.45, 2.75) is 45.3 Å². The molecule has 2 aromatic rings. The Balaban J connectivity index is 1.83. The molecule has 3 nitrogen and oxygen atoms in total. The normalized spacial score (nSPS) is 15.4. The quantitative estimate of drug-likeness (QED) is 0.937. The van der Waals surface area contributed by atoms with Crippen molar-refractivity contribution < 1.29 is 4.74 Å². The molecule has 2 N–H and O–H groups in total. The summed E-state index contributed by atoms with van der Waals surface area (Å²) in [6.45, 7) is 4.05. The Kier molecular flexibility index (Phi) is 3.76. The average Bonchev–Trinajstić information content (AvgIpc) is 2.98. The monoisotopic (exact) mass is 288 g/mol. The minimum Gasteiger partial charge on any atom is -0.491 e. The molecule has 1 aliphatic rings. The fourth-order valence-electron chi connectivity index (χ4n) is 2.54. The number of fused-ring (bicyclic) bond motifs is 1. The lowest BCUT2D eigenvalue weighted by molar-refractivity contribution is 0.242. The van der Waals surface area contributed by atoms with Crippen LogP contribution in [0.15, 0.2) is 24.3 Å². The topological polar surface area (TPSA) is 48.1 Å². The number of thiazole rings is 1. The van der Waals surface area contributed by atoms with Gasteiger partial charge in [-0.3, -0.25) is 0 Å². The zero-order valence-electron chi connectivity index (χ0n) is 11.9. The van der Waals surface area contributed by atoms with Gasteiger partial charge in [0, 0.05) is 4.88 Å². The van der Waals surface area contributed by atoms with Gasteiger partial charge in [-0.25, -0.2) is 4.98 Å². The van der Waals surface area contributed by atoms with Gasteiger partial charge in [-0.1, -0.05) is 12.1 Å². The number of hydrogen-bond acceptors (Lipinski definition) is 4. The van der Waals surface area contributed by atoms with Gasteiger partial charge in [-0.05, 0) is 50.8 Å². The molecule has 0 fully saturated rings. The fraction of sp³-hybridized carbons (Fsp3) is 0.438. The van der Waals surface area contributed by atoms with Crippen molar-refractivity contribution in [3.8, 4) is 5.75 Å². The lowest BCUT2D eigenvalue weighted by Crippen LogP contribution is -2.12. The number of benzene rings is 1. The van der Waals surface area contributed by atoms with Gasteiger partial charge in [-0.15, -0.1) is 11.3 Å². The molecule has 0 bridgehead atoms. The van der Waals surface area contributed by atoms with Crippen LogP contribution in [-0.4, -0.2) is 11.1 Å². The minimum absolute atomic E-state index is 0.152. The fourth-order valence-corrected chi connectivity index (χ4v) is 3.72. The van der Waals surface area contributed by atoms with Crippen LogP contribution in [0.1, 0.15) is 47.5 Å². The van der Waals surface area contributed by atoms with Gasteiger partial charge in [0.1, 0.15) is 10.8 Å². The summed E-state index contributed by atoms with van der Waals surface area (Å²) in [7, 11) is 0. The van der Waals surface area contributed by atoms with Gasteiger partial charge in [0.25, 0.3) is 0 Å². The summed E-state index contributed by atoms with van der Waals surface area (Å²) >= 11 is 1.77. The number of nitrogens with zero attached hydrogens (tertiary/aromatic N) is 1. The lowest BCUT2D eigenvalue weighted by Gasteiger charge is -2.13. The third kappa shape index (κ3) is 2.72. The van der Waals surface area contributed by atoms with Gasteiger partial charge in [-0.2, -0.15) is 0 Å². The van der Waals surface area contributed by atoms with E-state index < -0.39 is 0 Å². The Bertz CT molecular complexity index is 585. The predicted octanol–water partition coefficient (Wildman–Crippen LogP) is 3.47. The molecule has 0 radical (unpaired) electrons. The number of ether oxygens (including phenoxy) is 1. The van der Waals surface area contributed by atoms with Gasteiger partial charge >= 0.3 is 0 Å². The van der Waals surface area contributed by atoms with Crippen molar-refractivity contribution >= 4 is 11.3 Å². The van der Waals surface area contributed by atoms with E-state index in [4.69, 9.17) is 15.5 Å². The van der Waals surface area contributed by atoms with Crippen LogP contribution in [0.3, 0.4) is 0 Å². The van der Waals surface area contributed by atoms with E-state index in [-0.39, 0.29) is 12.1 Å². The average molecular weight is 288 g/mol. The molecule has 20 heavy (non-hydrogen) atoms. The van der Waals surface area contributed by atoms with Crippen LogP contribution < -0.4 is 10.5 Å². The third-order valence-electron chi connectivity index (χ3n) is 3.47. The van der Waals surface area contributed by atoms with Crippen LogP contribution in [0, 0.1) is 0 Å². The van der Waals surface area contributed by atoms with E-state index in [1.165, 1.54) is 17.0 Å². The van der Waals surface area contributed by atoms with Crippen LogP contribution in [0.2, 0.25) is 0 Å². The molecule has 4 heteroatoms. The van der Waals surface area contributed by atoms with Crippen molar-refractivity contribution in [3.05, 3.63) is 45.4 Å². The van der Waals surface area contributed by atoms with E-state index >= 15 is 0 Å². The van der Waals surface area contributed by atoms with E-state index in [1.807, 2.05) is 38.1 Å². The molecule has 1 aromatic heterocycles. The van der Waals surface area contributed by atoms with E-state index in [2.05, 4.69) is 0 Å². The predicted molar refractivity (Wildman–Crippen MR) is 82.4 cm³/mol. The highest BCUT2D eigenvalue weighted by Gasteiger charge is 2.21. The number of aromatic nitrogens is 1. The largest absolute Gasteiger partial charge is 0.491 e. The van der Waals surface area contributed by atoms with Crippen LogP contribution >= 0.6 is 11.3 Å². The Morgan fingerprint density at radius 3 is 2.90 bits per heavy atom. The molecule has 1 heterocycles. The Morgan fingerprint density at radius 1 is 1.30 bits per heavy atom. The van der Waals surface area contributed by atoms with Gasteiger partial charge in [0.15, 0.2) is 0 Å². The second-order valence-corrected chi connectivity index (χ2v) is 6.61. The molecule has 1 atom stereocenters. The second kappa shape index (κ2) is 5.54. The van der Waals surface area contributed by atoms with Gasteiger partial charge in [0.2, 0.25) is 0 Å². The molecule has 1 unspecified atom stereocenters. The first-order valence-electron chi connectivity index (χ1n) is 7.14. The first-order valence-corrected chi connectivity index (χ1v) is 7.96. The Morgan fingerprint density at radius 2 is 2.15 bits per heavy atom. The number of aryl methyl sites for hydroxylation is 2. The van der Waals surface area contributed by atoms with E-state index in [0.29, 0.717) is 0 Å². The maximum Gasteiger partial charge on any atom is 0.120 e. The SMILES string of the molecule is CC(C)Oc1cccc(C(N)c2nc3c(s2)CCC3)c1. The summed E-state index contributed by atoms with van der Waals surface area (Å²) in [5, 5.41) is 1.02. The minimum atomic E-state index is -0.152. The highest BCUT2D eigenvalue weighted by molar-refractivity contribution is 7.11. The van der Waals surface area contributed by atoms with E-state index in [1.54, 1.807) is 11.3 Å². The molecule has 3 rings (SSSR count).